The molecule has 3 nitrogen and oxygen atoms in total. The van der Waals surface area contributed by atoms with E-state index in [-0.39, 0.29) is 23.7 Å². The Kier molecular flexibility index (Phi) is 8.25. The quantitative estimate of drug-likeness (QED) is 0.821. The van der Waals surface area contributed by atoms with Gasteiger partial charge in [0.25, 0.3) is 0 Å². The Morgan fingerprint density at radius 1 is 1.35 bits per heavy atom. The number of hydrogen-bond acceptors (Lipinski definition) is 3. The van der Waals surface area contributed by atoms with Gasteiger partial charge in [0.2, 0.25) is 5.91 Å². The highest BCUT2D eigenvalue weighted by Crippen LogP contribution is 2.22. The number of aryl methyl sites for hydroxylation is 1. The number of amides is 1. The van der Waals surface area contributed by atoms with Gasteiger partial charge < -0.3 is 10.6 Å². The second-order valence-electron chi connectivity index (χ2n) is 5.67. The Labute approximate surface area is 132 Å². The second kappa shape index (κ2) is 8.55. The number of nitrogens with two attached hydrogens (primary N) is 1. The van der Waals surface area contributed by atoms with E-state index in [9.17, 15) is 4.79 Å². The van der Waals surface area contributed by atoms with Crippen molar-refractivity contribution in [2.45, 2.75) is 25.7 Å². The lowest BCUT2D eigenvalue weighted by molar-refractivity contribution is -0.128. The highest BCUT2D eigenvalue weighted by molar-refractivity contribution is 8.00. The number of halogens is 1. The van der Waals surface area contributed by atoms with Gasteiger partial charge in [-0.25, -0.2) is 0 Å². The molecule has 5 heteroatoms. The molecular weight excluding hydrogens is 292 g/mol. The summed E-state index contributed by atoms with van der Waals surface area (Å²) < 4.78 is 0. The summed E-state index contributed by atoms with van der Waals surface area (Å²) in [7, 11) is 1.85. The van der Waals surface area contributed by atoms with Crippen molar-refractivity contribution in [3.8, 4) is 0 Å². The molecule has 0 saturated heterocycles. The van der Waals surface area contributed by atoms with E-state index in [1.54, 1.807) is 16.7 Å². The highest BCUT2D eigenvalue weighted by atomic mass is 35.5. The first-order chi connectivity index (χ1) is 8.85. The van der Waals surface area contributed by atoms with E-state index in [4.69, 9.17) is 5.73 Å². The Morgan fingerprint density at radius 3 is 2.50 bits per heavy atom. The largest absolute Gasteiger partial charge is 0.344 e. The van der Waals surface area contributed by atoms with E-state index in [1.807, 2.05) is 19.2 Å². The monoisotopic (exact) mass is 316 g/mol. The first-order valence-electron chi connectivity index (χ1n) is 6.48. The lowest BCUT2D eigenvalue weighted by Gasteiger charge is -2.29. The average molecular weight is 317 g/mol. The lowest BCUT2D eigenvalue weighted by atomic mass is 9.93. The molecule has 0 unspecified atom stereocenters. The molecule has 20 heavy (non-hydrogen) atoms. The third-order valence-electron chi connectivity index (χ3n) is 3.09. The van der Waals surface area contributed by atoms with Gasteiger partial charge in [0.15, 0.2) is 0 Å². The van der Waals surface area contributed by atoms with Crippen molar-refractivity contribution in [2.24, 2.45) is 11.1 Å². The predicted molar refractivity (Wildman–Crippen MR) is 89.6 cm³/mol. The standard InChI is InChI=1S/C15H24N2OS.ClH/c1-12-7-5-6-8-13(12)19-9-14(18)17(4)11-15(2,3)10-16;/h5-8H,9-11,16H2,1-4H3;1H. The van der Waals surface area contributed by atoms with Crippen molar-refractivity contribution >= 4 is 30.1 Å². The molecule has 1 amide bonds. The zero-order valence-electron chi connectivity index (χ0n) is 12.7. The molecule has 0 heterocycles. The van der Waals surface area contributed by atoms with Crippen LogP contribution in [0, 0.1) is 12.3 Å². The van der Waals surface area contributed by atoms with Gasteiger partial charge in [-0.2, -0.15) is 0 Å². The number of thioether (sulfide) groups is 1. The SMILES string of the molecule is Cc1ccccc1SCC(=O)N(C)CC(C)(C)CN.Cl. The van der Waals surface area contributed by atoms with Crippen LogP contribution in [-0.4, -0.2) is 36.7 Å². The maximum atomic E-state index is 12.1. The van der Waals surface area contributed by atoms with Crippen molar-refractivity contribution in [2.75, 3.05) is 25.9 Å². The van der Waals surface area contributed by atoms with Crippen LogP contribution in [0.15, 0.2) is 29.2 Å². The molecule has 0 saturated carbocycles. The third kappa shape index (κ3) is 6.16. The molecule has 0 aliphatic carbocycles. The molecule has 1 rings (SSSR count). The fourth-order valence-electron chi connectivity index (χ4n) is 1.76. The van der Waals surface area contributed by atoms with Crippen LogP contribution in [0.1, 0.15) is 19.4 Å². The van der Waals surface area contributed by atoms with E-state index in [1.165, 1.54) is 10.5 Å². The van der Waals surface area contributed by atoms with E-state index in [0.717, 1.165) is 0 Å². The molecule has 0 aliphatic heterocycles. The molecule has 1 aromatic rings. The van der Waals surface area contributed by atoms with Crippen LogP contribution in [0.25, 0.3) is 0 Å². The smallest absolute Gasteiger partial charge is 0.232 e. The topological polar surface area (TPSA) is 46.3 Å². The fraction of sp³-hybridized carbons (Fsp3) is 0.533. The first kappa shape index (κ1) is 19.3. The van der Waals surface area contributed by atoms with Crippen molar-refractivity contribution in [3.63, 3.8) is 0 Å². The molecule has 1 aromatic carbocycles. The van der Waals surface area contributed by atoms with E-state index in [0.29, 0.717) is 18.8 Å². The maximum absolute atomic E-state index is 12.1. The van der Waals surface area contributed by atoms with Gasteiger partial charge in [0.1, 0.15) is 0 Å². The number of benzene rings is 1. The molecule has 0 bridgehead atoms. The van der Waals surface area contributed by atoms with Crippen molar-refractivity contribution in [3.05, 3.63) is 29.8 Å². The zero-order chi connectivity index (χ0) is 14.5. The fourth-order valence-corrected chi connectivity index (χ4v) is 2.73. The Morgan fingerprint density at radius 2 is 1.95 bits per heavy atom. The van der Waals surface area contributed by atoms with Gasteiger partial charge in [-0.05, 0) is 30.5 Å². The summed E-state index contributed by atoms with van der Waals surface area (Å²) in [4.78, 5) is 15.0. The number of carbonyl (C=O) groups is 1. The maximum Gasteiger partial charge on any atom is 0.232 e. The number of rotatable bonds is 6. The van der Waals surface area contributed by atoms with Gasteiger partial charge in [0, 0.05) is 18.5 Å². The van der Waals surface area contributed by atoms with Crippen LogP contribution in [0.4, 0.5) is 0 Å². The Bertz CT molecular complexity index is 438. The van der Waals surface area contributed by atoms with Crippen LogP contribution in [0.5, 0.6) is 0 Å². The minimum absolute atomic E-state index is 0. The summed E-state index contributed by atoms with van der Waals surface area (Å²) in [6.45, 7) is 7.48. The van der Waals surface area contributed by atoms with Crippen LogP contribution < -0.4 is 5.73 Å². The normalized spacial score (nSPS) is 10.8. The highest BCUT2D eigenvalue weighted by Gasteiger charge is 2.21. The summed E-state index contributed by atoms with van der Waals surface area (Å²) in [5.41, 5.74) is 6.88. The van der Waals surface area contributed by atoms with Gasteiger partial charge >= 0.3 is 0 Å². The predicted octanol–water partition coefficient (Wildman–Crippen LogP) is 2.95. The van der Waals surface area contributed by atoms with E-state index < -0.39 is 0 Å². The van der Waals surface area contributed by atoms with Crippen molar-refractivity contribution in [1.29, 1.82) is 0 Å². The number of hydrogen-bond donors (Lipinski definition) is 1. The molecule has 0 radical (unpaired) electrons. The van der Waals surface area contributed by atoms with Crippen molar-refractivity contribution in [1.82, 2.24) is 4.90 Å². The summed E-state index contributed by atoms with van der Waals surface area (Å²) in [5.74, 6) is 0.622. The van der Waals surface area contributed by atoms with Crippen molar-refractivity contribution < 1.29 is 4.79 Å². The molecule has 0 atom stereocenters. The summed E-state index contributed by atoms with van der Waals surface area (Å²) >= 11 is 1.59. The molecule has 114 valence electrons. The lowest BCUT2D eigenvalue weighted by Crippen LogP contribution is -2.40. The Hall–Kier alpha value is -0.710. The molecule has 0 fully saturated rings. The molecular formula is C15H25ClN2OS. The minimum atomic E-state index is -0.0300. The molecule has 2 N–H and O–H groups in total. The van der Waals surface area contributed by atoms with Gasteiger partial charge in [0.05, 0.1) is 5.75 Å². The van der Waals surface area contributed by atoms with Gasteiger partial charge in [-0.1, -0.05) is 32.0 Å². The van der Waals surface area contributed by atoms with Gasteiger partial charge in [-0.3, -0.25) is 4.79 Å². The number of carbonyl (C=O) groups excluding carboxylic acids is 1. The molecule has 0 aliphatic rings. The van der Waals surface area contributed by atoms with Gasteiger partial charge in [-0.15, -0.1) is 24.2 Å². The summed E-state index contributed by atoms with van der Waals surface area (Å²) in [6.07, 6.45) is 0. The van der Waals surface area contributed by atoms with Crippen LogP contribution in [0.2, 0.25) is 0 Å². The third-order valence-corrected chi connectivity index (χ3v) is 4.25. The summed E-state index contributed by atoms with van der Waals surface area (Å²) in [5, 5.41) is 0. The van der Waals surface area contributed by atoms with Crippen LogP contribution in [-0.2, 0) is 4.79 Å². The molecule has 0 aromatic heterocycles. The van der Waals surface area contributed by atoms with E-state index >= 15 is 0 Å². The number of nitrogens with zero attached hydrogens (tertiary/aromatic N) is 1. The first-order valence-corrected chi connectivity index (χ1v) is 7.47. The zero-order valence-corrected chi connectivity index (χ0v) is 14.3. The van der Waals surface area contributed by atoms with Crippen LogP contribution in [0.3, 0.4) is 0 Å². The summed E-state index contributed by atoms with van der Waals surface area (Å²) in [6, 6.07) is 8.13. The average Bonchev–Trinajstić information content (AvgIpc) is 2.37. The molecule has 0 spiro atoms. The van der Waals surface area contributed by atoms with E-state index in [2.05, 4.69) is 32.9 Å². The second-order valence-corrected chi connectivity index (χ2v) is 6.69. The Balaban J connectivity index is 0.00000361. The van der Waals surface area contributed by atoms with Crippen LogP contribution >= 0.6 is 24.2 Å². The minimum Gasteiger partial charge on any atom is -0.344 e.